The Bertz CT molecular complexity index is 364. The molecule has 0 atom stereocenters. The van der Waals surface area contributed by atoms with Crippen LogP contribution in [0.2, 0.25) is 0 Å². The SMILES string of the molecule is CC(C)Oc1cc(CF)cc(C(N)=O)c1. The lowest BCUT2D eigenvalue weighted by molar-refractivity contribution is 0.0999. The van der Waals surface area contributed by atoms with Crippen LogP contribution in [0, 0.1) is 0 Å². The van der Waals surface area contributed by atoms with Gasteiger partial charge in [-0.05, 0) is 37.6 Å². The van der Waals surface area contributed by atoms with Gasteiger partial charge in [-0.15, -0.1) is 0 Å². The highest BCUT2D eigenvalue weighted by Gasteiger charge is 2.07. The highest BCUT2D eigenvalue weighted by atomic mass is 19.1. The van der Waals surface area contributed by atoms with Crippen molar-refractivity contribution in [2.45, 2.75) is 26.6 Å². The molecule has 1 rings (SSSR count). The van der Waals surface area contributed by atoms with Gasteiger partial charge in [-0.3, -0.25) is 4.79 Å². The molecule has 0 radical (unpaired) electrons. The van der Waals surface area contributed by atoms with Crippen molar-refractivity contribution >= 4 is 5.91 Å². The number of carbonyl (C=O) groups excluding carboxylic acids is 1. The number of primary amides is 1. The maximum atomic E-state index is 12.5. The van der Waals surface area contributed by atoms with E-state index in [1.165, 1.54) is 12.1 Å². The zero-order valence-corrected chi connectivity index (χ0v) is 8.79. The van der Waals surface area contributed by atoms with Crippen molar-refractivity contribution in [1.82, 2.24) is 0 Å². The average molecular weight is 211 g/mol. The smallest absolute Gasteiger partial charge is 0.248 e. The third-order valence-electron chi connectivity index (χ3n) is 1.78. The van der Waals surface area contributed by atoms with E-state index in [4.69, 9.17) is 10.5 Å². The molecule has 0 fully saturated rings. The molecule has 0 heterocycles. The summed E-state index contributed by atoms with van der Waals surface area (Å²) in [5.74, 6) is -0.118. The lowest BCUT2D eigenvalue weighted by Gasteiger charge is -2.11. The second kappa shape index (κ2) is 4.77. The predicted molar refractivity (Wildman–Crippen MR) is 55.5 cm³/mol. The van der Waals surface area contributed by atoms with Crippen molar-refractivity contribution in [2.75, 3.05) is 0 Å². The third-order valence-corrected chi connectivity index (χ3v) is 1.78. The molecule has 1 amide bonds. The highest BCUT2D eigenvalue weighted by molar-refractivity contribution is 5.93. The summed E-state index contributed by atoms with van der Waals surface area (Å²) in [6.07, 6.45) is -0.0272. The van der Waals surface area contributed by atoms with E-state index in [2.05, 4.69) is 0 Å². The minimum absolute atomic E-state index is 0.0272. The quantitative estimate of drug-likeness (QED) is 0.828. The minimum Gasteiger partial charge on any atom is -0.491 e. The Morgan fingerprint density at radius 3 is 2.60 bits per heavy atom. The molecule has 0 aromatic heterocycles. The van der Waals surface area contributed by atoms with Crippen molar-refractivity contribution in [1.29, 1.82) is 0 Å². The molecule has 0 bridgehead atoms. The first-order chi connectivity index (χ1) is 7.02. The van der Waals surface area contributed by atoms with E-state index in [0.717, 1.165) is 0 Å². The Balaban J connectivity index is 3.05. The summed E-state index contributed by atoms with van der Waals surface area (Å²) in [7, 11) is 0. The van der Waals surface area contributed by atoms with Crippen LogP contribution in [-0.2, 0) is 6.67 Å². The van der Waals surface area contributed by atoms with Crippen LogP contribution in [0.15, 0.2) is 18.2 Å². The van der Waals surface area contributed by atoms with Crippen molar-refractivity contribution in [3.05, 3.63) is 29.3 Å². The fourth-order valence-electron chi connectivity index (χ4n) is 1.22. The van der Waals surface area contributed by atoms with E-state index < -0.39 is 12.6 Å². The van der Waals surface area contributed by atoms with Gasteiger partial charge in [-0.1, -0.05) is 0 Å². The first kappa shape index (κ1) is 11.5. The number of alkyl halides is 1. The van der Waals surface area contributed by atoms with Crippen LogP contribution in [0.1, 0.15) is 29.8 Å². The van der Waals surface area contributed by atoms with E-state index in [9.17, 15) is 9.18 Å². The van der Waals surface area contributed by atoms with E-state index in [1.807, 2.05) is 13.8 Å². The molecule has 15 heavy (non-hydrogen) atoms. The van der Waals surface area contributed by atoms with E-state index in [0.29, 0.717) is 11.3 Å². The van der Waals surface area contributed by atoms with Gasteiger partial charge in [0.05, 0.1) is 6.10 Å². The Labute approximate surface area is 88.0 Å². The topological polar surface area (TPSA) is 52.3 Å². The van der Waals surface area contributed by atoms with Gasteiger partial charge >= 0.3 is 0 Å². The number of benzene rings is 1. The van der Waals surface area contributed by atoms with Crippen molar-refractivity contribution in [2.24, 2.45) is 5.73 Å². The van der Waals surface area contributed by atoms with E-state index >= 15 is 0 Å². The lowest BCUT2D eigenvalue weighted by atomic mass is 10.1. The second-order valence-electron chi connectivity index (χ2n) is 3.53. The molecule has 0 spiro atoms. The molecule has 1 aromatic rings. The van der Waals surface area contributed by atoms with E-state index in [-0.39, 0.29) is 11.7 Å². The number of carbonyl (C=O) groups is 1. The zero-order valence-electron chi connectivity index (χ0n) is 8.79. The molecule has 0 saturated carbocycles. The molecule has 4 heteroatoms. The molecule has 0 aliphatic heterocycles. The zero-order chi connectivity index (χ0) is 11.4. The Morgan fingerprint density at radius 2 is 2.13 bits per heavy atom. The van der Waals surface area contributed by atoms with Gasteiger partial charge in [0.25, 0.3) is 0 Å². The predicted octanol–water partition coefficient (Wildman–Crippen LogP) is 2.04. The average Bonchev–Trinajstić information content (AvgIpc) is 2.16. The summed E-state index contributed by atoms with van der Waals surface area (Å²) < 4.78 is 17.9. The van der Waals surface area contributed by atoms with Gasteiger partial charge in [0, 0.05) is 5.56 Å². The van der Waals surface area contributed by atoms with Crippen LogP contribution in [0.4, 0.5) is 4.39 Å². The molecule has 0 aliphatic carbocycles. The van der Waals surface area contributed by atoms with Crippen LogP contribution in [0.5, 0.6) is 5.75 Å². The molecular weight excluding hydrogens is 197 g/mol. The summed E-state index contributed by atoms with van der Waals surface area (Å²) in [5.41, 5.74) is 5.78. The molecule has 2 N–H and O–H groups in total. The Hall–Kier alpha value is -1.58. The van der Waals surface area contributed by atoms with Gasteiger partial charge in [-0.2, -0.15) is 0 Å². The fourth-order valence-corrected chi connectivity index (χ4v) is 1.22. The van der Waals surface area contributed by atoms with Crippen LogP contribution in [-0.4, -0.2) is 12.0 Å². The standard InChI is InChI=1S/C11H14FNO2/c1-7(2)15-10-4-8(6-12)3-9(5-10)11(13)14/h3-5,7H,6H2,1-2H3,(H2,13,14). The Kier molecular flexibility index (Phi) is 3.66. The van der Waals surface area contributed by atoms with Gasteiger partial charge in [0.1, 0.15) is 12.4 Å². The van der Waals surface area contributed by atoms with Gasteiger partial charge in [0.15, 0.2) is 0 Å². The van der Waals surface area contributed by atoms with Crippen LogP contribution < -0.4 is 10.5 Å². The maximum absolute atomic E-state index is 12.5. The fraction of sp³-hybridized carbons (Fsp3) is 0.364. The molecule has 0 saturated heterocycles. The van der Waals surface area contributed by atoms with Crippen LogP contribution in [0.25, 0.3) is 0 Å². The van der Waals surface area contributed by atoms with Crippen molar-refractivity contribution < 1.29 is 13.9 Å². The van der Waals surface area contributed by atoms with Gasteiger partial charge in [-0.25, -0.2) is 4.39 Å². The number of rotatable bonds is 4. The van der Waals surface area contributed by atoms with Crippen LogP contribution in [0.3, 0.4) is 0 Å². The Morgan fingerprint density at radius 1 is 1.47 bits per heavy atom. The van der Waals surface area contributed by atoms with Crippen LogP contribution >= 0.6 is 0 Å². The van der Waals surface area contributed by atoms with Crippen molar-refractivity contribution in [3.63, 3.8) is 0 Å². The van der Waals surface area contributed by atoms with Gasteiger partial charge < -0.3 is 10.5 Å². The number of amides is 1. The second-order valence-corrected chi connectivity index (χ2v) is 3.53. The number of halogens is 1. The van der Waals surface area contributed by atoms with Crippen molar-refractivity contribution in [3.8, 4) is 5.75 Å². The molecule has 0 aliphatic rings. The number of hydrogen-bond acceptors (Lipinski definition) is 2. The summed E-state index contributed by atoms with van der Waals surface area (Å²) in [6.45, 7) is 3.06. The lowest BCUT2D eigenvalue weighted by Crippen LogP contribution is -2.12. The maximum Gasteiger partial charge on any atom is 0.248 e. The number of hydrogen-bond donors (Lipinski definition) is 1. The minimum atomic E-state index is -0.643. The molecule has 0 unspecified atom stereocenters. The first-order valence-electron chi connectivity index (χ1n) is 4.69. The molecule has 1 aromatic carbocycles. The molecular formula is C11H14FNO2. The normalized spacial score (nSPS) is 10.4. The summed E-state index contributed by atoms with van der Waals surface area (Å²) >= 11 is 0. The number of nitrogens with two attached hydrogens (primary N) is 1. The molecule has 82 valence electrons. The summed E-state index contributed by atoms with van der Waals surface area (Å²) in [5, 5.41) is 0. The number of ether oxygens (including phenoxy) is 1. The summed E-state index contributed by atoms with van der Waals surface area (Å²) in [4.78, 5) is 11.0. The highest BCUT2D eigenvalue weighted by Crippen LogP contribution is 2.19. The largest absolute Gasteiger partial charge is 0.491 e. The van der Waals surface area contributed by atoms with E-state index in [1.54, 1.807) is 6.07 Å². The first-order valence-corrected chi connectivity index (χ1v) is 4.69. The monoisotopic (exact) mass is 211 g/mol. The third kappa shape index (κ3) is 3.23. The summed E-state index contributed by atoms with van der Waals surface area (Å²) in [6, 6.07) is 4.50. The molecule has 3 nitrogen and oxygen atoms in total. The van der Waals surface area contributed by atoms with Gasteiger partial charge in [0.2, 0.25) is 5.91 Å².